The van der Waals surface area contributed by atoms with Crippen molar-refractivity contribution in [2.24, 2.45) is 0 Å². The molecule has 0 atom stereocenters. The normalized spacial score (nSPS) is 10.7. The highest BCUT2D eigenvalue weighted by Crippen LogP contribution is 2.24. The van der Waals surface area contributed by atoms with Crippen molar-refractivity contribution in [2.75, 3.05) is 5.32 Å². The fourth-order valence-corrected chi connectivity index (χ4v) is 2.90. The molecular formula is C15H13N3OS. The lowest BCUT2D eigenvalue weighted by Crippen LogP contribution is -1.96. The zero-order valence-electron chi connectivity index (χ0n) is 11.2. The van der Waals surface area contributed by atoms with Crippen LogP contribution in [0.1, 0.15) is 21.6 Å². The summed E-state index contributed by atoms with van der Waals surface area (Å²) in [5, 5.41) is 13.8. The molecule has 0 aliphatic rings. The maximum absolute atomic E-state index is 8.79. The van der Waals surface area contributed by atoms with Crippen LogP contribution in [0.4, 0.5) is 6.01 Å². The Kier molecular flexibility index (Phi) is 3.17. The molecule has 3 rings (SSSR count). The van der Waals surface area contributed by atoms with E-state index in [0.717, 1.165) is 21.5 Å². The van der Waals surface area contributed by atoms with Gasteiger partial charge in [-0.1, -0.05) is 6.07 Å². The first-order chi connectivity index (χ1) is 9.65. The van der Waals surface area contributed by atoms with Gasteiger partial charge in [0.1, 0.15) is 11.6 Å². The Morgan fingerprint density at radius 2 is 2.20 bits per heavy atom. The first-order valence-corrected chi connectivity index (χ1v) is 7.13. The minimum atomic E-state index is 0.514. The molecule has 100 valence electrons. The molecule has 3 aromatic rings. The second-order valence-electron chi connectivity index (χ2n) is 4.72. The van der Waals surface area contributed by atoms with E-state index in [1.165, 1.54) is 5.56 Å². The van der Waals surface area contributed by atoms with Gasteiger partial charge in [-0.05, 0) is 37.1 Å². The number of fused-ring (bicyclic) bond motifs is 1. The third-order valence-electron chi connectivity index (χ3n) is 3.02. The maximum atomic E-state index is 8.79. The van der Waals surface area contributed by atoms with Crippen LogP contribution >= 0.6 is 11.3 Å². The topological polar surface area (TPSA) is 61.9 Å². The third-order valence-corrected chi connectivity index (χ3v) is 3.95. The minimum Gasteiger partial charge on any atom is -0.423 e. The number of anilines is 1. The van der Waals surface area contributed by atoms with Crippen LogP contribution < -0.4 is 5.32 Å². The highest BCUT2D eigenvalue weighted by atomic mass is 32.1. The fourth-order valence-electron chi connectivity index (χ4n) is 2.15. The van der Waals surface area contributed by atoms with E-state index in [0.29, 0.717) is 18.1 Å². The summed E-state index contributed by atoms with van der Waals surface area (Å²) in [5.41, 5.74) is 4.64. The summed E-state index contributed by atoms with van der Waals surface area (Å²) in [6.45, 7) is 4.67. The lowest BCUT2D eigenvalue weighted by atomic mass is 10.1. The summed E-state index contributed by atoms with van der Waals surface area (Å²) < 4.78 is 5.73. The SMILES string of the molecule is Cc1cc(C)c2oc(NCc3cc(C#N)cs3)nc2c1. The van der Waals surface area contributed by atoms with Crippen molar-refractivity contribution in [3.8, 4) is 6.07 Å². The van der Waals surface area contributed by atoms with Gasteiger partial charge in [0.15, 0.2) is 5.58 Å². The molecule has 0 aliphatic heterocycles. The van der Waals surface area contributed by atoms with Gasteiger partial charge in [0.05, 0.1) is 12.1 Å². The highest BCUT2D eigenvalue weighted by Gasteiger charge is 2.09. The molecule has 1 aromatic carbocycles. The average molecular weight is 283 g/mol. The maximum Gasteiger partial charge on any atom is 0.295 e. The summed E-state index contributed by atoms with van der Waals surface area (Å²) >= 11 is 1.55. The van der Waals surface area contributed by atoms with E-state index in [1.54, 1.807) is 11.3 Å². The van der Waals surface area contributed by atoms with Crippen LogP contribution in [0.5, 0.6) is 0 Å². The largest absolute Gasteiger partial charge is 0.423 e. The Morgan fingerprint density at radius 3 is 2.95 bits per heavy atom. The molecule has 0 saturated heterocycles. The molecule has 0 spiro atoms. The monoisotopic (exact) mass is 283 g/mol. The van der Waals surface area contributed by atoms with Gasteiger partial charge >= 0.3 is 0 Å². The fraction of sp³-hybridized carbons (Fsp3) is 0.200. The van der Waals surface area contributed by atoms with Gasteiger partial charge in [-0.15, -0.1) is 11.3 Å². The van der Waals surface area contributed by atoms with Gasteiger partial charge in [0.25, 0.3) is 6.01 Å². The van der Waals surface area contributed by atoms with Gasteiger partial charge in [-0.25, -0.2) is 0 Å². The number of benzene rings is 1. The van der Waals surface area contributed by atoms with Crippen LogP contribution in [0, 0.1) is 25.2 Å². The third kappa shape index (κ3) is 2.38. The van der Waals surface area contributed by atoms with Crippen molar-refractivity contribution in [2.45, 2.75) is 20.4 Å². The molecule has 0 amide bonds. The Hall–Kier alpha value is -2.32. The van der Waals surface area contributed by atoms with Crippen LogP contribution in [-0.4, -0.2) is 4.98 Å². The molecule has 2 aromatic heterocycles. The summed E-state index contributed by atoms with van der Waals surface area (Å²) in [6, 6.07) is 8.60. The van der Waals surface area contributed by atoms with Crippen LogP contribution in [-0.2, 0) is 6.54 Å². The Bertz CT molecular complexity index is 810. The van der Waals surface area contributed by atoms with E-state index >= 15 is 0 Å². The number of hydrogen-bond acceptors (Lipinski definition) is 5. The van der Waals surface area contributed by atoms with Crippen molar-refractivity contribution >= 4 is 28.5 Å². The lowest BCUT2D eigenvalue weighted by molar-refractivity contribution is 0.612. The van der Waals surface area contributed by atoms with Gasteiger partial charge in [0, 0.05) is 10.3 Å². The Morgan fingerprint density at radius 1 is 1.35 bits per heavy atom. The van der Waals surface area contributed by atoms with Gasteiger partial charge in [-0.2, -0.15) is 10.2 Å². The molecule has 20 heavy (non-hydrogen) atoms. The minimum absolute atomic E-state index is 0.514. The average Bonchev–Trinajstić information content (AvgIpc) is 3.02. The Labute approximate surface area is 120 Å². The van der Waals surface area contributed by atoms with Crippen LogP contribution in [0.25, 0.3) is 11.1 Å². The molecule has 4 nitrogen and oxygen atoms in total. The molecule has 0 unspecified atom stereocenters. The number of aryl methyl sites for hydroxylation is 2. The number of hydrogen-bond donors (Lipinski definition) is 1. The lowest BCUT2D eigenvalue weighted by Gasteiger charge is -1.97. The quantitative estimate of drug-likeness (QED) is 0.789. The number of thiophene rings is 1. The number of nitrogens with zero attached hydrogens (tertiary/aromatic N) is 2. The van der Waals surface area contributed by atoms with Crippen molar-refractivity contribution < 1.29 is 4.42 Å². The summed E-state index contributed by atoms with van der Waals surface area (Å²) in [5.74, 6) is 0. The number of rotatable bonds is 3. The van der Waals surface area contributed by atoms with E-state index in [4.69, 9.17) is 9.68 Å². The first-order valence-electron chi connectivity index (χ1n) is 6.25. The van der Waals surface area contributed by atoms with Crippen molar-refractivity contribution in [1.29, 1.82) is 5.26 Å². The van der Waals surface area contributed by atoms with Crippen LogP contribution in [0.3, 0.4) is 0 Å². The smallest absolute Gasteiger partial charge is 0.295 e. The summed E-state index contributed by atoms with van der Waals surface area (Å²) in [6.07, 6.45) is 0. The van der Waals surface area contributed by atoms with E-state index in [9.17, 15) is 0 Å². The summed E-state index contributed by atoms with van der Waals surface area (Å²) in [7, 11) is 0. The van der Waals surface area contributed by atoms with Crippen molar-refractivity contribution in [3.63, 3.8) is 0 Å². The molecule has 0 saturated carbocycles. The Balaban J connectivity index is 1.81. The van der Waals surface area contributed by atoms with Crippen LogP contribution in [0.15, 0.2) is 28.0 Å². The standard InChI is InChI=1S/C15H13N3OS/c1-9-3-10(2)14-13(4-9)18-15(19-14)17-7-12-5-11(6-16)8-20-12/h3-5,8H,7H2,1-2H3,(H,17,18). The number of nitriles is 1. The zero-order valence-corrected chi connectivity index (χ0v) is 12.0. The zero-order chi connectivity index (χ0) is 14.1. The first kappa shape index (κ1) is 12.7. The van der Waals surface area contributed by atoms with E-state index in [1.807, 2.05) is 31.4 Å². The molecule has 5 heteroatoms. The van der Waals surface area contributed by atoms with E-state index in [-0.39, 0.29) is 0 Å². The number of aromatic nitrogens is 1. The summed E-state index contributed by atoms with van der Waals surface area (Å²) in [4.78, 5) is 5.52. The van der Waals surface area contributed by atoms with Crippen LogP contribution in [0.2, 0.25) is 0 Å². The van der Waals surface area contributed by atoms with E-state index in [2.05, 4.69) is 22.4 Å². The molecule has 0 bridgehead atoms. The molecule has 2 heterocycles. The number of nitrogens with one attached hydrogen (secondary N) is 1. The van der Waals surface area contributed by atoms with Crippen molar-refractivity contribution in [1.82, 2.24) is 4.98 Å². The van der Waals surface area contributed by atoms with E-state index < -0.39 is 0 Å². The number of oxazole rings is 1. The predicted octanol–water partition coefficient (Wildman–Crippen LogP) is 3.99. The van der Waals surface area contributed by atoms with Gasteiger partial charge < -0.3 is 9.73 Å². The second-order valence-corrected chi connectivity index (χ2v) is 5.71. The second kappa shape index (κ2) is 4.99. The molecule has 1 N–H and O–H groups in total. The van der Waals surface area contributed by atoms with Gasteiger partial charge in [-0.3, -0.25) is 0 Å². The van der Waals surface area contributed by atoms with Crippen molar-refractivity contribution in [3.05, 3.63) is 45.1 Å². The predicted molar refractivity (Wildman–Crippen MR) is 79.8 cm³/mol. The highest BCUT2D eigenvalue weighted by molar-refractivity contribution is 7.10. The molecular weight excluding hydrogens is 270 g/mol. The molecule has 0 radical (unpaired) electrons. The molecule has 0 fully saturated rings. The van der Waals surface area contributed by atoms with Gasteiger partial charge in [0.2, 0.25) is 0 Å². The molecule has 0 aliphatic carbocycles.